The van der Waals surface area contributed by atoms with Crippen molar-refractivity contribution < 1.29 is 9.59 Å². The highest BCUT2D eigenvalue weighted by Crippen LogP contribution is 2.30. The largest absolute Gasteiger partial charge is 0.368 e. The van der Waals surface area contributed by atoms with Crippen molar-refractivity contribution in [1.82, 2.24) is 10.3 Å². The minimum absolute atomic E-state index is 0.249. The summed E-state index contributed by atoms with van der Waals surface area (Å²) in [6.45, 7) is 5.81. The minimum Gasteiger partial charge on any atom is -0.368 e. The molecule has 1 heterocycles. The number of rotatable bonds is 6. The zero-order chi connectivity index (χ0) is 17.0. The highest BCUT2D eigenvalue weighted by molar-refractivity contribution is 7.15. The summed E-state index contributed by atoms with van der Waals surface area (Å²) < 4.78 is 0. The number of nitrogens with two attached hydrogens (primary N) is 1. The van der Waals surface area contributed by atoms with Gasteiger partial charge in [0.2, 0.25) is 5.91 Å². The van der Waals surface area contributed by atoms with E-state index < -0.39 is 11.9 Å². The van der Waals surface area contributed by atoms with E-state index in [2.05, 4.69) is 10.3 Å². The van der Waals surface area contributed by atoms with Gasteiger partial charge < -0.3 is 11.1 Å². The third-order valence-electron chi connectivity index (χ3n) is 3.34. The Hall–Kier alpha value is -2.21. The monoisotopic (exact) mass is 331 g/mol. The number of thiazole rings is 1. The molecule has 122 valence electrons. The predicted octanol–water partition coefficient (Wildman–Crippen LogP) is 2.75. The van der Waals surface area contributed by atoms with Gasteiger partial charge in [0, 0.05) is 0 Å². The number of amides is 2. The van der Waals surface area contributed by atoms with Gasteiger partial charge in [0.15, 0.2) is 0 Å². The van der Waals surface area contributed by atoms with Crippen LogP contribution >= 0.6 is 11.3 Å². The van der Waals surface area contributed by atoms with E-state index in [9.17, 15) is 9.59 Å². The van der Waals surface area contributed by atoms with E-state index in [1.54, 1.807) is 0 Å². The summed E-state index contributed by atoms with van der Waals surface area (Å²) in [5, 5.41) is 3.52. The van der Waals surface area contributed by atoms with Crippen LogP contribution in [0, 0.1) is 12.8 Å². The summed E-state index contributed by atoms with van der Waals surface area (Å²) >= 11 is 1.46. The lowest BCUT2D eigenvalue weighted by molar-refractivity contribution is -0.120. The number of aryl methyl sites for hydroxylation is 1. The standard InChI is InChI=1S/C17H21N3O2S/c1-10(2)9-13(16(18)21)20-17(22)14-15(23-11(3)19-14)12-7-5-4-6-8-12/h4-8,10,13H,9H2,1-3H3,(H2,18,21)(H,20,22)/t13-/m0/s1. The first kappa shape index (κ1) is 17.1. The molecule has 2 amide bonds. The Morgan fingerprint density at radius 2 is 1.91 bits per heavy atom. The minimum atomic E-state index is -0.687. The normalized spacial score (nSPS) is 12.2. The van der Waals surface area contributed by atoms with Crippen molar-refractivity contribution in [2.45, 2.75) is 33.2 Å². The molecule has 1 aromatic carbocycles. The molecular formula is C17H21N3O2S. The third-order valence-corrected chi connectivity index (χ3v) is 4.36. The Kier molecular flexibility index (Phi) is 5.50. The van der Waals surface area contributed by atoms with E-state index in [1.165, 1.54) is 11.3 Å². The van der Waals surface area contributed by atoms with Gasteiger partial charge in [-0.1, -0.05) is 44.2 Å². The van der Waals surface area contributed by atoms with Gasteiger partial charge in [0.05, 0.1) is 9.88 Å². The van der Waals surface area contributed by atoms with E-state index in [4.69, 9.17) is 5.73 Å². The quantitative estimate of drug-likeness (QED) is 0.853. The SMILES string of the molecule is Cc1nc(C(=O)N[C@@H](CC(C)C)C(N)=O)c(-c2ccccc2)s1. The van der Waals surface area contributed by atoms with Crippen LogP contribution < -0.4 is 11.1 Å². The number of aromatic nitrogens is 1. The van der Waals surface area contributed by atoms with Gasteiger partial charge in [-0.3, -0.25) is 9.59 Å². The second-order valence-electron chi connectivity index (χ2n) is 5.83. The topological polar surface area (TPSA) is 85.1 Å². The summed E-state index contributed by atoms with van der Waals surface area (Å²) in [5.41, 5.74) is 6.67. The highest BCUT2D eigenvalue weighted by atomic mass is 32.1. The number of hydrogen-bond acceptors (Lipinski definition) is 4. The Morgan fingerprint density at radius 1 is 1.26 bits per heavy atom. The number of nitrogens with zero attached hydrogens (tertiary/aromatic N) is 1. The Balaban J connectivity index is 2.28. The van der Waals surface area contributed by atoms with Crippen LogP contribution in [-0.4, -0.2) is 22.8 Å². The van der Waals surface area contributed by atoms with E-state index >= 15 is 0 Å². The fraction of sp³-hybridized carbons (Fsp3) is 0.353. The molecule has 23 heavy (non-hydrogen) atoms. The second kappa shape index (κ2) is 7.37. The molecule has 2 rings (SSSR count). The lowest BCUT2D eigenvalue weighted by atomic mass is 10.0. The summed E-state index contributed by atoms with van der Waals surface area (Å²) in [6, 6.07) is 8.93. The van der Waals surface area contributed by atoms with Gasteiger partial charge in [-0.05, 0) is 24.8 Å². The van der Waals surface area contributed by atoms with Gasteiger partial charge in [-0.25, -0.2) is 4.98 Å². The van der Waals surface area contributed by atoms with Crippen LogP contribution in [0.3, 0.4) is 0 Å². The summed E-state index contributed by atoms with van der Waals surface area (Å²) in [6.07, 6.45) is 0.505. The summed E-state index contributed by atoms with van der Waals surface area (Å²) in [7, 11) is 0. The molecule has 1 atom stereocenters. The average molecular weight is 331 g/mol. The first-order chi connectivity index (χ1) is 10.9. The van der Waals surface area contributed by atoms with E-state index in [1.807, 2.05) is 51.1 Å². The molecule has 0 fully saturated rings. The molecule has 0 radical (unpaired) electrons. The fourth-order valence-electron chi connectivity index (χ4n) is 2.31. The zero-order valence-corrected chi connectivity index (χ0v) is 14.3. The van der Waals surface area contributed by atoms with Crippen LogP contribution in [0.1, 0.15) is 35.8 Å². The molecule has 0 saturated heterocycles. The Bertz CT molecular complexity index is 695. The predicted molar refractivity (Wildman–Crippen MR) is 92.2 cm³/mol. The second-order valence-corrected chi connectivity index (χ2v) is 7.04. The fourth-order valence-corrected chi connectivity index (χ4v) is 3.23. The molecular weight excluding hydrogens is 310 g/mol. The molecule has 2 aromatic rings. The van der Waals surface area contributed by atoms with Gasteiger partial charge in [0.25, 0.3) is 5.91 Å². The number of carbonyl (C=O) groups excluding carboxylic acids is 2. The molecule has 0 saturated carbocycles. The van der Waals surface area contributed by atoms with Gasteiger partial charge in [-0.2, -0.15) is 0 Å². The maximum Gasteiger partial charge on any atom is 0.272 e. The first-order valence-corrected chi connectivity index (χ1v) is 8.33. The van der Waals surface area contributed by atoms with E-state index in [0.717, 1.165) is 15.4 Å². The smallest absolute Gasteiger partial charge is 0.272 e. The maximum atomic E-state index is 12.6. The van der Waals surface area contributed by atoms with Gasteiger partial charge in [0.1, 0.15) is 11.7 Å². The maximum absolute atomic E-state index is 12.6. The molecule has 0 unspecified atom stereocenters. The highest BCUT2D eigenvalue weighted by Gasteiger charge is 2.24. The Labute approximate surface area is 139 Å². The molecule has 3 N–H and O–H groups in total. The number of primary amides is 1. The number of nitrogens with one attached hydrogen (secondary N) is 1. The van der Waals surface area contributed by atoms with Gasteiger partial charge in [-0.15, -0.1) is 11.3 Å². The number of benzene rings is 1. The summed E-state index contributed by atoms with van der Waals surface area (Å²) in [4.78, 5) is 29.3. The molecule has 6 heteroatoms. The molecule has 1 aromatic heterocycles. The number of carbonyl (C=O) groups is 2. The van der Waals surface area contributed by atoms with Crippen molar-refractivity contribution in [3.05, 3.63) is 41.0 Å². The molecule has 0 aliphatic rings. The molecule has 0 spiro atoms. The van der Waals surface area contributed by atoms with Crippen LogP contribution in [0.2, 0.25) is 0 Å². The first-order valence-electron chi connectivity index (χ1n) is 7.51. The molecule has 0 aliphatic carbocycles. The van der Waals surface area contributed by atoms with Crippen LogP contribution in [0.25, 0.3) is 10.4 Å². The molecule has 5 nitrogen and oxygen atoms in total. The van der Waals surface area contributed by atoms with Crippen LogP contribution in [0.5, 0.6) is 0 Å². The Morgan fingerprint density at radius 3 is 2.48 bits per heavy atom. The molecule has 0 bridgehead atoms. The van der Waals surface area contributed by atoms with Crippen LogP contribution in [-0.2, 0) is 4.79 Å². The van der Waals surface area contributed by atoms with Crippen molar-refractivity contribution in [3.63, 3.8) is 0 Å². The number of hydrogen-bond donors (Lipinski definition) is 2. The lowest BCUT2D eigenvalue weighted by Gasteiger charge is -2.17. The van der Waals surface area contributed by atoms with Crippen molar-refractivity contribution in [3.8, 4) is 10.4 Å². The van der Waals surface area contributed by atoms with Crippen molar-refractivity contribution in [2.75, 3.05) is 0 Å². The van der Waals surface area contributed by atoms with Crippen molar-refractivity contribution in [1.29, 1.82) is 0 Å². The lowest BCUT2D eigenvalue weighted by Crippen LogP contribution is -2.45. The van der Waals surface area contributed by atoms with Crippen LogP contribution in [0.15, 0.2) is 30.3 Å². The van der Waals surface area contributed by atoms with Crippen LogP contribution in [0.4, 0.5) is 0 Å². The van der Waals surface area contributed by atoms with Crippen molar-refractivity contribution in [2.24, 2.45) is 11.7 Å². The third kappa shape index (κ3) is 4.39. The van der Waals surface area contributed by atoms with Crippen molar-refractivity contribution >= 4 is 23.2 Å². The van der Waals surface area contributed by atoms with E-state index in [-0.39, 0.29) is 11.8 Å². The molecule has 0 aliphatic heterocycles. The zero-order valence-electron chi connectivity index (χ0n) is 13.5. The summed E-state index contributed by atoms with van der Waals surface area (Å²) in [5.74, 6) is -0.642. The van der Waals surface area contributed by atoms with E-state index in [0.29, 0.717) is 12.1 Å². The average Bonchev–Trinajstić information content (AvgIpc) is 2.89. The van der Waals surface area contributed by atoms with Gasteiger partial charge >= 0.3 is 0 Å².